The van der Waals surface area contributed by atoms with Gasteiger partial charge < -0.3 is 9.84 Å². The Balaban J connectivity index is 1.84. The SMILES string of the molecule is COc1cccc(C=NNc2nc3ccccc3nc2Cl)c1O. The molecule has 0 amide bonds. The summed E-state index contributed by atoms with van der Waals surface area (Å²) in [5, 5.41) is 14.2. The van der Waals surface area contributed by atoms with Gasteiger partial charge in [-0.05, 0) is 24.3 Å². The smallest absolute Gasteiger partial charge is 0.185 e. The van der Waals surface area contributed by atoms with Crippen molar-refractivity contribution in [2.24, 2.45) is 5.10 Å². The number of anilines is 1. The molecule has 116 valence electrons. The molecule has 1 heterocycles. The second kappa shape index (κ2) is 6.50. The van der Waals surface area contributed by atoms with Crippen LogP contribution in [0.2, 0.25) is 5.15 Å². The molecule has 0 radical (unpaired) electrons. The first-order valence-corrected chi connectivity index (χ1v) is 7.14. The standard InChI is InChI=1S/C16H13ClN4O2/c1-23-13-8-4-5-10(14(13)22)9-18-21-16-15(17)19-11-6-2-3-7-12(11)20-16/h2-9,22H,1H3,(H,20,21). The van der Waals surface area contributed by atoms with E-state index in [0.29, 0.717) is 28.2 Å². The van der Waals surface area contributed by atoms with Crippen molar-refractivity contribution in [3.05, 3.63) is 53.2 Å². The zero-order valence-corrected chi connectivity index (χ0v) is 12.9. The molecular formula is C16H13ClN4O2. The molecule has 0 aliphatic carbocycles. The highest BCUT2D eigenvalue weighted by atomic mass is 35.5. The Bertz CT molecular complexity index is 883. The number of hydrazone groups is 1. The molecule has 23 heavy (non-hydrogen) atoms. The number of fused-ring (bicyclic) bond motifs is 1. The molecule has 2 aromatic carbocycles. The molecule has 0 atom stereocenters. The van der Waals surface area contributed by atoms with E-state index in [2.05, 4.69) is 20.5 Å². The first kappa shape index (κ1) is 15.1. The minimum absolute atomic E-state index is 0.0104. The number of aromatic hydroxyl groups is 1. The number of benzene rings is 2. The molecule has 6 nitrogen and oxygen atoms in total. The van der Waals surface area contributed by atoms with Crippen LogP contribution in [0.15, 0.2) is 47.6 Å². The predicted molar refractivity (Wildman–Crippen MR) is 90.4 cm³/mol. The van der Waals surface area contributed by atoms with Gasteiger partial charge in [-0.3, -0.25) is 5.43 Å². The summed E-state index contributed by atoms with van der Waals surface area (Å²) in [6.07, 6.45) is 1.45. The molecular weight excluding hydrogens is 316 g/mol. The summed E-state index contributed by atoms with van der Waals surface area (Å²) in [6, 6.07) is 12.5. The average Bonchev–Trinajstić information content (AvgIpc) is 2.57. The first-order valence-electron chi connectivity index (χ1n) is 6.76. The van der Waals surface area contributed by atoms with E-state index in [4.69, 9.17) is 16.3 Å². The third-order valence-electron chi connectivity index (χ3n) is 3.15. The normalized spacial score (nSPS) is 11.0. The molecule has 0 aliphatic rings. The number of rotatable bonds is 4. The number of methoxy groups -OCH3 is 1. The summed E-state index contributed by atoms with van der Waals surface area (Å²) >= 11 is 6.08. The van der Waals surface area contributed by atoms with Crippen molar-refractivity contribution in [1.82, 2.24) is 9.97 Å². The van der Waals surface area contributed by atoms with Gasteiger partial charge in [0.1, 0.15) is 0 Å². The van der Waals surface area contributed by atoms with Crippen LogP contribution in [0.25, 0.3) is 11.0 Å². The Morgan fingerprint density at radius 1 is 1.13 bits per heavy atom. The van der Waals surface area contributed by atoms with Gasteiger partial charge in [0.2, 0.25) is 0 Å². The number of phenols is 1. The zero-order chi connectivity index (χ0) is 16.2. The van der Waals surface area contributed by atoms with Crippen molar-refractivity contribution in [3.63, 3.8) is 0 Å². The largest absolute Gasteiger partial charge is 0.504 e. The maximum Gasteiger partial charge on any atom is 0.185 e. The van der Waals surface area contributed by atoms with Crippen LogP contribution in [0.1, 0.15) is 5.56 Å². The Morgan fingerprint density at radius 2 is 1.87 bits per heavy atom. The number of halogens is 1. The highest BCUT2D eigenvalue weighted by molar-refractivity contribution is 6.32. The number of nitrogens with one attached hydrogen (secondary N) is 1. The van der Waals surface area contributed by atoms with Crippen LogP contribution in [0, 0.1) is 0 Å². The fraction of sp³-hybridized carbons (Fsp3) is 0.0625. The van der Waals surface area contributed by atoms with Crippen molar-refractivity contribution in [1.29, 1.82) is 0 Å². The van der Waals surface area contributed by atoms with Gasteiger partial charge in [0.15, 0.2) is 22.5 Å². The van der Waals surface area contributed by atoms with E-state index in [9.17, 15) is 5.11 Å². The lowest BCUT2D eigenvalue weighted by molar-refractivity contribution is 0.373. The van der Waals surface area contributed by atoms with Gasteiger partial charge in [-0.25, -0.2) is 9.97 Å². The van der Waals surface area contributed by atoms with E-state index < -0.39 is 0 Å². The Kier molecular flexibility index (Phi) is 4.25. The number of nitrogens with zero attached hydrogens (tertiary/aromatic N) is 3. The highest BCUT2D eigenvalue weighted by Crippen LogP contribution is 2.28. The van der Waals surface area contributed by atoms with Gasteiger partial charge in [-0.15, -0.1) is 0 Å². The number of hydrogen-bond acceptors (Lipinski definition) is 6. The van der Waals surface area contributed by atoms with Gasteiger partial charge in [-0.2, -0.15) is 5.10 Å². The van der Waals surface area contributed by atoms with Crippen LogP contribution in [0.4, 0.5) is 5.82 Å². The lowest BCUT2D eigenvalue weighted by Crippen LogP contribution is -1.97. The van der Waals surface area contributed by atoms with Gasteiger partial charge >= 0.3 is 0 Å². The van der Waals surface area contributed by atoms with Crippen LogP contribution in [-0.2, 0) is 0 Å². The third kappa shape index (κ3) is 3.17. The predicted octanol–water partition coefficient (Wildman–Crippen LogP) is 3.44. The van der Waals surface area contributed by atoms with E-state index in [1.165, 1.54) is 13.3 Å². The number of ether oxygens (including phenoxy) is 1. The second-order valence-corrected chi connectivity index (χ2v) is 4.98. The molecule has 0 saturated heterocycles. The Labute approximate surface area is 137 Å². The average molecular weight is 329 g/mol. The molecule has 0 unspecified atom stereocenters. The summed E-state index contributed by atoms with van der Waals surface area (Å²) in [5.41, 5.74) is 4.65. The molecule has 2 N–H and O–H groups in total. The van der Waals surface area contributed by atoms with Crippen molar-refractivity contribution in [2.45, 2.75) is 0 Å². The van der Waals surface area contributed by atoms with Crippen LogP contribution >= 0.6 is 11.6 Å². The van der Waals surface area contributed by atoms with E-state index >= 15 is 0 Å². The number of hydrogen-bond donors (Lipinski definition) is 2. The quantitative estimate of drug-likeness (QED) is 0.566. The maximum absolute atomic E-state index is 9.98. The lowest BCUT2D eigenvalue weighted by atomic mass is 10.2. The monoisotopic (exact) mass is 328 g/mol. The van der Waals surface area contributed by atoms with Crippen molar-refractivity contribution in [2.75, 3.05) is 12.5 Å². The topological polar surface area (TPSA) is 79.6 Å². The van der Waals surface area contributed by atoms with Gasteiger partial charge in [-0.1, -0.05) is 29.8 Å². The maximum atomic E-state index is 9.98. The number of aromatic nitrogens is 2. The molecule has 7 heteroatoms. The second-order valence-electron chi connectivity index (χ2n) is 4.62. The third-order valence-corrected chi connectivity index (χ3v) is 3.42. The van der Waals surface area contributed by atoms with Crippen LogP contribution in [0.3, 0.4) is 0 Å². The van der Waals surface area contributed by atoms with Gasteiger partial charge in [0.05, 0.1) is 24.4 Å². The summed E-state index contributed by atoms with van der Waals surface area (Å²) in [5.74, 6) is 0.720. The fourth-order valence-electron chi connectivity index (χ4n) is 2.02. The van der Waals surface area contributed by atoms with Crippen molar-refractivity contribution >= 4 is 34.7 Å². The summed E-state index contributed by atoms with van der Waals surface area (Å²) in [6.45, 7) is 0. The number of para-hydroxylation sites is 3. The zero-order valence-electron chi connectivity index (χ0n) is 12.2. The molecule has 3 rings (SSSR count). The molecule has 3 aromatic rings. The molecule has 0 saturated carbocycles. The van der Waals surface area contributed by atoms with Crippen LogP contribution < -0.4 is 10.2 Å². The summed E-state index contributed by atoms with van der Waals surface area (Å²) in [7, 11) is 1.48. The number of phenolic OH excluding ortho intramolecular Hbond substituents is 1. The van der Waals surface area contributed by atoms with Crippen LogP contribution in [0.5, 0.6) is 11.5 Å². The van der Waals surface area contributed by atoms with Crippen molar-refractivity contribution < 1.29 is 9.84 Å². The lowest BCUT2D eigenvalue weighted by Gasteiger charge is -2.06. The fourth-order valence-corrected chi connectivity index (χ4v) is 2.20. The summed E-state index contributed by atoms with van der Waals surface area (Å²) < 4.78 is 5.04. The van der Waals surface area contributed by atoms with Gasteiger partial charge in [0, 0.05) is 5.56 Å². The van der Waals surface area contributed by atoms with Crippen LogP contribution in [-0.4, -0.2) is 28.4 Å². The Morgan fingerprint density at radius 3 is 2.61 bits per heavy atom. The van der Waals surface area contributed by atoms with E-state index in [0.717, 1.165) is 0 Å². The van der Waals surface area contributed by atoms with Crippen molar-refractivity contribution in [3.8, 4) is 11.5 Å². The minimum atomic E-state index is 0.0104. The molecule has 0 spiro atoms. The van der Waals surface area contributed by atoms with E-state index in [1.807, 2.05) is 24.3 Å². The minimum Gasteiger partial charge on any atom is -0.504 e. The van der Waals surface area contributed by atoms with Gasteiger partial charge in [0.25, 0.3) is 0 Å². The summed E-state index contributed by atoms with van der Waals surface area (Å²) in [4.78, 5) is 8.60. The molecule has 0 bridgehead atoms. The molecule has 1 aromatic heterocycles. The molecule has 0 fully saturated rings. The molecule has 0 aliphatic heterocycles. The first-order chi connectivity index (χ1) is 11.2. The highest BCUT2D eigenvalue weighted by Gasteiger charge is 2.07. The van der Waals surface area contributed by atoms with E-state index in [-0.39, 0.29) is 10.9 Å². The Hall–Kier alpha value is -2.86. The van der Waals surface area contributed by atoms with E-state index in [1.54, 1.807) is 18.2 Å².